The number of para-hydroxylation sites is 1. The van der Waals surface area contributed by atoms with Gasteiger partial charge in [-0.3, -0.25) is 4.79 Å². The maximum atomic E-state index is 13.5. The molecule has 0 unspecified atom stereocenters. The Morgan fingerprint density at radius 3 is 2.72 bits per heavy atom. The molecule has 0 saturated heterocycles. The van der Waals surface area contributed by atoms with Gasteiger partial charge in [-0.15, -0.1) is 11.3 Å². The van der Waals surface area contributed by atoms with Crippen LogP contribution in [0, 0.1) is 11.6 Å². The van der Waals surface area contributed by atoms with Gasteiger partial charge in [-0.25, -0.2) is 13.8 Å². The van der Waals surface area contributed by atoms with Crippen LogP contribution < -0.4 is 10.1 Å². The van der Waals surface area contributed by atoms with Crippen molar-refractivity contribution in [3.63, 3.8) is 0 Å². The summed E-state index contributed by atoms with van der Waals surface area (Å²) in [6, 6.07) is 12.3. The van der Waals surface area contributed by atoms with Crippen molar-refractivity contribution in [2.75, 3.05) is 5.32 Å². The number of hydrogen-bond donors (Lipinski definition) is 1. The Balaban J connectivity index is 1.54. The lowest BCUT2D eigenvalue weighted by Gasteiger charge is -2.05. The second kappa shape index (κ2) is 7.85. The van der Waals surface area contributed by atoms with Gasteiger partial charge in [0.2, 0.25) is 5.91 Å². The Labute approximate surface area is 147 Å². The second-order valence-electron chi connectivity index (χ2n) is 5.18. The van der Waals surface area contributed by atoms with Crippen LogP contribution >= 0.6 is 11.3 Å². The molecule has 7 heteroatoms. The van der Waals surface area contributed by atoms with E-state index >= 15 is 0 Å². The number of thiazole rings is 1. The smallest absolute Gasteiger partial charge is 0.230 e. The molecule has 0 aliphatic rings. The van der Waals surface area contributed by atoms with Crippen molar-refractivity contribution < 1.29 is 18.3 Å². The lowest BCUT2D eigenvalue weighted by atomic mass is 10.2. The van der Waals surface area contributed by atoms with Gasteiger partial charge in [0.25, 0.3) is 0 Å². The van der Waals surface area contributed by atoms with Crippen LogP contribution in [0.4, 0.5) is 14.5 Å². The third-order valence-corrected chi connectivity index (χ3v) is 4.12. The Bertz CT molecular complexity index is 869. The number of anilines is 1. The van der Waals surface area contributed by atoms with Gasteiger partial charge in [-0.1, -0.05) is 18.2 Å². The molecule has 0 bridgehead atoms. The van der Waals surface area contributed by atoms with Crippen LogP contribution in [0.15, 0.2) is 53.9 Å². The SMILES string of the molecule is O=C(Cc1csc(COc2ccccc2)n1)Nc1ccc(F)cc1F. The molecular weight excluding hydrogens is 346 g/mol. The van der Waals surface area contributed by atoms with Gasteiger partial charge in [-0.2, -0.15) is 0 Å². The quantitative estimate of drug-likeness (QED) is 0.717. The van der Waals surface area contributed by atoms with Gasteiger partial charge in [0, 0.05) is 11.4 Å². The first-order valence-corrected chi connectivity index (χ1v) is 8.34. The molecular formula is C18H14F2N2O2S. The molecule has 4 nitrogen and oxygen atoms in total. The maximum Gasteiger partial charge on any atom is 0.230 e. The van der Waals surface area contributed by atoms with E-state index in [1.165, 1.54) is 17.4 Å². The summed E-state index contributed by atoms with van der Waals surface area (Å²) in [5.41, 5.74) is 0.506. The predicted octanol–water partition coefficient (Wildman–Crippen LogP) is 4.18. The third-order valence-electron chi connectivity index (χ3n) is 3.25. The molecule has 0 fully saturated rings. The van der Waals surface area contributed by atoms with E-state index in [0.29, 0.717) is 12.3 Å². The fraction of sp³-hybridized carbons (Fsp3) is 0.111. The predicted molar refractivity (Wildman–Crippen MR) is 91.6 cm³/mol. The third kappa shape index (κ3) is 4.84. The zero-order valence-corrected chi connectivity index (χ0v) is 13.9. The molecule has 0 radical (unpaired) electrons. The number of hydrogen-bond acceptors (Lipinski definition) is 4. The number of rotatable bonds is 6. The van der Waals surface area contributed by atoms with Crippen LogP contribution in [-0.2, 0) is 17.8 Å². The summed E-state index contributed by atoms with van der Waals surface area (Å²) in [5.74, 6) is -1.20. The first kappa shape index (κ1) is 17.0. The van der Waals surface area contributed by atoms with Gasteiger partial charge >= 0.3 is 0 Å². The number of nitrogens with one attached hydrogen (secondary N) is 1. The van der Waals surface area contributed by atoms with Crippen LogP contribution in [-0.4, -0.2) is 10.9 Å². The van der Waals surface area contributed by atoms with Crippen molar-refractivity contribution in [1.29, 1.82) is 0 Å². The monoisotopic (exact) mass is 360 g/mol. The van der Waals surface area contributed by atoms with Crippen molar-refractivity contribution in [1.82, 2.24) is 4.98 Å². The van der Waals surface area contributed by atoms with Crippen LogP contribution in [0.25, 0.3) is 0 Å². The molecule has 0 spiro atoms. The van der Waals surface area contributed by atoms with Crippen molar-refractivity contribution in [2.24, 2.45) is 0 Å². The van der Waals surface area contributed by atoms with Gasteiger partial charge in [0.1, 0.15) is 29.0 Å². The fourth-order valence-electron chi connectivity index (χ4n) is 2.11. The van der Waals surface area contributed by atoms with E-state index in [4.69, 9.17) is 4.74 Å². The number of carbonyl (C=O) groups is 1. The zero-order valence-electron chi connectivity index (χ0n) is 13.0. The molecule has 25 heavy (non-hydrogen) atoms. The molecule has 0 aliphatic heterocycles. The van der Waals surface area contributed by atoms with Gasteiger partial charge < -0.3 is 10.1 Å². The molecule has 0 aliphatic carbocycles. The Kier molecular flexibility index (Phi) is 5.35. The number of carbonyl (C=O) groups excluding carboxylic acids is 1. The van der Waals surface area contributed by atoms with E-state index in [-0.39, 0.29) is 12.1 Å². The standard InChI is InChI=1S/C18H14F2N2O2S/c19-12-6-7-16(15(20)8-12)22-17(23)9-13-11-25-18(21-13)10-24-14-4-2-1-3-5-14/h1-8,11H,9-10H2,(H,22,23). The van der Waals surface area contributed by atoms with Gasteiger partial charge in [-0.05, 0) is 24.3 Å². The molecule has 0 saturated carbocycles. The van der Waals surface area contributed by atoms with E-state index in [1.807, 2.05) is 30.3 Å². The van der Waals surface area contributed by atoms with Gasteiger partial charge in [0.05, 0.1) is 17.8 Å². The molecule has 1 heterocycles. The normalized spacial score (nSPS) is 10.5. The Hall–Kier alpha value is -2.80. The molecule has 1 aromatic heterocycles. The van der Waals surface area contributed by atoms with Crippen molar-refractivity contribution >= 4 is 22.9 Å². The summed E-state index contributed by atoms with van der Waals surface area (Å²) >= 11 is 1.38. The van der Waals surface area contributed by atoms with E-state index in [1.54, 1.807) is 5.38 Å². The zero-order chi connectivity index (χ0) is 17.6. The summed E-state index contributed by atoms with van der Waals surface area (Å²) in [6.07, 6.45) is -0.00134. The van der Waals surface area contributed by atoms with Gasteiger partial charge in [0.15, 0.2) is 0 Å². The Morgan fingerprint density at radius 2 is 1.96 bits per heavy atom. The molecule has 2 aromatic carbocycles. The number of nitrogens with zero attached hydrogens (tertiary/aromatic N) is 1. The number of amides is 1. The second-order valence-corrected chi connectivity index (χ2v) is 6.13. The topological polar surface area (TPSA) is 51.2 Å². The molecule has 3 aromatic rings. The van der Waals surface area contributed by atoms with E-state index in [2.05, 4.69) is 10.3 Å². The summed E-state index contributed by atoms with van der Waals surface area (Å²) in [6.45, 7) is 0.308. The molecule has 1 N–H and O–H groups in total. The molecule has 128 valence electrons. The largest absolute Gasteiger partial charge is 0.486 e. The van der Waals surface area contributed by atoms with Crippen molar-refractivity contribution in [3.05, 3.63) is 76.2 Å². The van der Waals surface area contributed by atoms with Crippen LogP contribution in [0.3, 0.4) is 0 Å². The minimum absolute atomic E-state index is 0.00134. The highest BCUT2D eigenvalue weighted by Crippen LogP contribution is 2.17. The number of ether oxygens (including phenoxy) is 1. The van der Waals surface area contributed by atoms with Crippen LogP contribution in [0.2, 0.25) is 0 Å². The molecule has 3 rings (SSSR count). The number of aromatic nitrogens is 1. The average molecular weight is 360 g/mol. The minimum atomic E-state index is -0.816. The average Bonchev–Trinajstić information content (AvgIpc) is 3.04. The molecule has 1 amide bonds. The summed E-state index contributed by atoms with van der Waals surface area (Å²) in [5, 5.41) is 4.90. The van der Waals surface area contributed by atoms with Crippen molar-refractivity contribution in [2.45, 2.75) is 13.0 Å². The van der Waals surface area contributed by atoms with Crippen LogP contribution in [0.1, 0.15) is 10.7 Å². The summed E-state index contributed by atoms with van der Waals surface area (Å²) in [4.78, 5) is 16.3. The lowest BCUT2D eigenvalue weighted by molar-refractivity contribution is -0.115. The van der Waals surface area contributed by atoms with Crippen LogP contribution in [0.5, 0.6) is 5.75 Å². The first-order chi connectivity index (χ1) is 12.1. The summed E-state index contributed by atoms with van der Waals surface area (Å²) in [7, 11) is 0. The maximum absolute atomic E-state index is 13.5. The number of halogens is 2. The number of benzene rings is 2. The molecule has 0 atom stereocenters. The highest BCUT2D eigenvalue weighted by molar-refractivity contribution is 7.09. The highest BCUT2D eigenvalue weighted by atomic mass is 32.1. The fourth-order valence-corrected chi connectivity index (χ4v) is 2.81. The summed E-state index contributed by atoms with van der Waals surface area (Å²) < 4.78 is 32.0. The van der Waals surface area contributed by atoms with E-state index in [0.717, 1.165) is 22.9 Å². The first-order valence-electron chi connectivity index (χ1n) is 7.46. The lowest BCUT2D eigenvalue weighted by Crippen LogP contribution is -2.15. The Morgan fingerprint density at radius 1 is 1.16 bits per heavy atom. The van der Waals surface area contributed by atoms with Crippen molar-refractivity contribution in [3.8, 4) is 5.75 Å². The van der Waals surface area contributed by atoms with E-state index in [9.17, 15) is 13.6 Å². The minimum Gasteiger partial charge on any atom is -0.486 e. The highest BCUT2D eigenvalue weighted by Gasteiger charge is 2.11. The van der Waals surface area contributed by atoms with E-state index < -0.39 is 17.5 Å².